The van der Waals surface area contributed by atoms with Gasteiger partial charge in [-0.3, -0.25) is 4.79 Å². The highest BCUT2D eigenvalue weighted by Gasteiger charge is 2.28. The predicted octanol–water partition coefficient (Wildman–Crippen LogP) is 2.64. The van der Waals surface area contributed by atoms with Crippen LogP contribution in [0.15, 0.2) is 47.4 Å². The molecule has 2 aromatic rings. The molecule has 0 bridgehead atoms. The summed E-state index contributed by atoms with van der Waals surface area (Å²) in [7, 11) is -2.05. The first-order chi connectivity index (χ1) is 16.0. The number of amides is 1. The van der Waals surface area contributed by atoms with Gasteiger partial charge in [0.2, 0.25) is 10.0 Å². The van der Waals surface area contributed by atoms with Gasteiger partial charge in [-0.1, -0.05) is 18.6 Å². The number of sulfonamides is 1. The average Bonchev–Trinajstić information content (AvgIpc) is 2.88. The fraction of sp³-hybridized carbons (Fsp3) is 0.458. The van der Waals surface area contributed by atoms with Gasteiger partial charge in [-0.25, -0.2) is 8.42 Å². The van der Waals surface area contributed by atoms with Crippen LogP contribution in [0.25, 0.3) is 0 Å². The molecule has 0 spiro atoms. The number of benzene rings is 2. The molecule has 1 amide bonds. The number of nitrogens with zero attached hydrogens (tertiary/aromatic N) is 2. The molecule has 33 heavy (non-hydrogen) atoms. The maximum absolute atomic E-state index is 13.3. The lowest BCUT2D eigenvalue weighted by atomic mass is 10.1. The second kappa shape index (κ2) is 10.5. The summed E-state index contributed by atoms with van der Waals surface area (Å²) in [5.41, 5.74) is 1.98. The van der Waals surface area contributed by atoms with Crippen LogP contribution in [-0.4, -0.2) is 65.1 Å². The molecule has 2 fully saturated rings. The lowest BCUT2D eigenvalue weighted by Gasteiger charge is -2.31. The predicted molar refractivity (Wildman–Crippen MR) is 126 cm³/mol. The SMILES string of the molecule is COc1cccc(CNC(=O)c2cc(S(=O)(=O)N3CCCCC3)ccc2N2CCOCC2)c1. The first-order valence-electron chi connectivity index (χ1n) is 11.4. The molecule has 2 saturated heterocycles. The van der Waals surface area contributed by atoms with Crippen LogP contribution >= 0.6 is 0 Å². The Morgan fingerprint density at radius 1 is 1.03 bits per heavy atom. The Hall–Kier alpha value is -2.62. The van der Waals surface area contributed by atoms with Crippen molar-refractivity contribution in [1.29, 1.82) is 0 Å². The summed E-state index contributed by atoms with van der Waals surface area (Å²) >= 11 is 0. The third kappa shape index (κ3) is 5.48. The zero-order chi connectivity index (χ0) is 23.3. The summed E-state index contributed by atoms with van der Waals surface area (Å²) in [6.07, 6.45) is 2.76. The monoisotopic (exact) mass is 473 g/mol. The molecule has 2 heterocycles. The van der Waals surface area contributed by atoms with Gasteiger partial charge in [-0.05, 0) is 48.7 Å². The second-order valence-electron chi connectivity index (χ2n) is 8.28. The Kier molecular flexibility index (Phi) is 7.52. The fourth-order valence-electron chi connectivity index (χ4n) is 4.25. The van der Waals surface area contributed by atoms with Gasteiger partial charge >= 0.3 is 0 Å². The van der Waals surface area contributed by atoms with E-state index in [0.717, 1.165) is 30.5 Å². The molecule has 0 saturated carbocycles. The van der Waals surface area contributed by atoms with Crippen molar-refractivity contribution >= 4 is 21.6 Å². The number of carbonyl (C=O) groups excluding carboxylic acids is 1. The molecule has 0 atom stereocenters. The van der Waals surface area contributed by atoms with Gasteiger partial charge in [0.05, 0.1) is 30.8 Å². The highest BCUT2D eigenvalue weighted by atomic mass is 32.2. The Morgan fingerprint density at radius 3 is 2.52 bits per heavy atom. The molecule has 2 aliphatic rings. The third-order valence-corrected chi connectivity index (χ3v) is 8.00. The minimum absolute atomic E-state index is 0.160. The molecule has 0 aromatic heterocycles. The van der Waals surface area contributed by atoms with Crippen molar-refractivity contribution in [2.75, 3.05) is 51.4 Å². The van der Waals surface area contributed by atoms with Crippen molar-refractivity contribution in [3.63, 3.8) is 0 Å². The summed E-state index contributed by atoms with van der Waals surface area (Å²) in [5, 5.41) is 2.94. The smallest absolute Gasteiger partial charge is 0.253 e. The molecule has 2 aromatic carbocycles. The molecule has 8 nitrogen and oxygen atoms in total. The Bertz CT molecular complexity index is 1080. The maximum Gasteiger partial charge on any atom is 0.253 e. The molecule has 4 rings (SSSR count). The van der Waals surface area contributed by atoms with Crippen molar-refractivity contribution in [3.8, 4) is 5.75 Å². The normalized spacial score (nSPS) is 17.5. The van der Waals surface area contributed by atoms with Crippen LogP contribution in [0.3, 0.4) is 0 Å². The lowest BCUT2D eigenvalue weighted by molar-refractivity contribution is 0.0949. The van der Waals surface area contributed by atoms with Crippen molar-refractivity contribution in [2.45, 2.75) is 30.7 Å². The van der Waals surface area contributed by atoms with Crippen LogP contribution in [0.4, 0.5) is 5.69 Å². The van der Waals surface area contributed by atoms with E-state index in [1.54, 1.807) is 19.2 Å². The second-order valence-corrected chi connectivity index (χ2v) is 10.2. The first-order valence-corrected chi connectivity index (χ1v) is 12.8. The lowest BCUT2D eigenvalue weighted by Crippen LogP contribution is -2.38. The number of nitrogens with one attached hydrogen (secondary N) is 1. The first kappa shape index (κ1) is 23.5. The standard InChI is InChI=1S/C24H31N3O5S/c1-31-20-7-5-6-19(16-20)18-25-24(28)22-17-21(33(29,30)27-10-3-2-4-11-27)8-9-23(22)26-12-14-32-15-13-26/h5-9,16-17H,2-4,10-15,18H2,1H3,(H,25,28). The van der Waals surface area contributed by atoms with E-state index in [-0.39, 0.29) is 10.8 Å². The topological polar surface area (TPSA) is 88.2 Å². The van der Waals surface area contributed by atoms with Gasteiger partial charge in [0, 0.05) is 38.4 Å². The van der Waals surface area contributed by atoms with E-state index in [9.17, 15) is 13.2 Å². The summed E-state index contributed by atoms with van der Waals surface area (Å²) < 4.78 is 38.7. The van der Waals surface area contributed by atoms with Crippen molar-refractivity contribution < 1.29 is 22.7 Å². The molecular formula is C24H31N3O5S. The van der Waals surface area contributed by atoms with Gasteiger partial charge in [0.25, 0.3) is 5.91 Å². The van der Waals surface area contributed by atoms with Gasteiger partial charge in [0.15, 0.2) is 0 Å². The van der Waals surface area contributed by atoms with E-state index in [4.69, 9.17) is 9.47 Å². The minimum atomic E-state index is -3.65. The number of ether oxygens (including phenoxy) is 2. The van der Waals surface area contributed by atoms with Crippen LogP contribution in [0.5, 0.6) is 5.75 Å². The largest absolute Gasteiger partial charge is 0.497 e. The zero-order valence-electron chi connectivity index (χ0n) is 19.0. The van der Waals surface area contributed by atoms with Crippen LogP contribution in [0, 0.1) is 0 Å². The number of methoxy groups -OCH3 is 1. The maximum atomic E-state index is 13.3. The van der Waals surface area contributed by atoms with Gasteiger partial charge in [-0.15, -0.1) is 0 Å². The Morgan fingerprint density at radius 2 is 1.79 bits per heavy atom. The quantitative estimate of drug-likeness (QED) is 0.665. The van der Waals surface area contributed by atoms with E-state index in [1.165, 1.54) is 10.4 Å². The van der Waals surface area contributed by atoms with E-state index in [0.29, 0.717) is 57.3 Å². The fourth-order valence-corrected chi connectivity index (χ4v) is 5.80. The van der Waals surface area contributed by atoms with E-state index < -0.39 is 10.0 Å². The van der Waals surface area contributed by atoms with Crippen molar-refractivity contribution in [3.05, 3.63) is 53.6 Å². The van der Waals surface area contributed by atoms with Gasteiger partial charge in [0.1, 0.15) is 5.75 Å². The number of rotatable bonds is 7. The number of anilines is 1. The van der Waals surface area contributed by atoms with Crippen molar-refractivity contribution in [2.24, 2.45) is 0 Å². The molecule has 9 heteroatoms. The average molecular weight is 474 g/mol. The highest BCUT2D eigenvalue weighted by Crippen LogP contribution is 2.28. The third-order valence-electron chi connectivity index (χ3n) is 6.10. The number of piperidine rings is 1. The van der Waals surface area contributed by atoms with E-state index in [2.05, 4.69) is 10.2 Å². The molecular weight excluding hydrogens is 442 g/mol. The van der Waals surface area contributed by atoms with Crippen LogP contribution in [0.1, 0.15) is 35.2 Å². The molecule has 0 unspecified atom stereocenters. The number of carbonyl (C=O) groups is 1. The van der Waals surface area contributed by atoms with Gasteiger partial charge in [-0.2, -0.15) is 4.31 Å². The Balaban J connectivity index is 1.62. The summed E-state index contributed by atoms with van der Waals surface area (Å²) in [4.78, 5) is 15.5. The molecule has 0 aliphatic carbocycles. The van der Waals surface area contributed by atoms with Crippen LogP contribution < -0.4 is 15.0 Å². The van der Waals surface area contributed by atoms with E-state index >= 15 is 0 Å². The highest BCUT2D eigenvalue weighted by molar-refractivity contribution is 7.89. The van der Waals surface area contributed by atoms with Gasteiger partial charge < -0.3 is 19.7 Å². The number of hydrogen-bond acceptors (Lipinski definition) is 6. The molecule has 2 aliphatic heterocycles. The Labute approximate surface area is 195 Å². The minimum Gasteiger partial charge on any atom is -0.497 e. The summed E-state index contributed by atoms with van der Waals surface area (Å²) in [5.74, 6) is 0.403. The van der Waals surface area contributed by atoms with Crippen LogP contribution in [0.2, 0.25) is 0 Å². The zero-order valence-corrected chi connectivity index (χ0v) is 19.8. The summed E-state index contributed by atoms with van der Waals surface area (Å²) in [6.45, 7) is 3.78. The molecule has 1 N–H and O–H groups in total. The number of morpholine rings is 1. The van der Waals surface area contributed by atoms with Crippen molar-refractivity contribution in [1.82, 2.24) is 9.62 Å². The van der Waals surface area contributed by atoms with E-state index in [1.807, 2.05) is 24.3 Å². The molecule has 178 valence electrons. The van der Waals surface area contributed by atoms with Crippen LogP contribution in [-0.2, 0) is 21.3 Å². The summed E-state index contributed by atoms with van der Waals surface area (Å²) in [6, 6.07) is 12.4. The molecule has 0 radical (unpaired) electrons. The number of hydrogen-bond donors (Lipinski definition) is 1.